The van der Waals surface area contributed by atoms with E-state index < -0.39 is 10.0 Å². The number of aryl methyl sites for hydroxylation is 1. The maximum Gasteiger partial charge on any atom is 0.264 e. The highest BCUT2D eigenvalue weighted by Gasteiger charge is 2.18. The molecule has 19 heavy (non-hydrogen) atoms. The highest BCUT2D eigenvalue weighted by atomic mass is 79.9. The van der Waals surface area contributed by atoms with Crippen molar-refractivity contribution in [1.82, 2.24) is 9.78 Å². The molecule has 0 atom stereocenters. The van der Waals surface area contributed by atoms with E-state index in [9.17, 15) is 8.42 Å². The zero-order chi connectivity index (χ0) is 14.0. The summed E-state index contributed by atoms with van der Waals surface area (Å²) in [6.07, 6.45) is 3.07. The molecule has 2 rings (SSSR count). The van der Waals surface area contributed by atoms with Gasteiger partial charge in [-0.15, -0.1) is 0 Å². The fourth-order valence-corrected chi connectivity index (χ4v) is 3.08. The van der Waals surface area contributed by atoms with E-state index in [1.807, 2.05) is 6.92 Å². The molecular weight excluding hydrogens is 332 g/mol. The number of sulfonamides is 1. The molecule has 0 bridgehead atoms. The number of aromatic nitrogens is 2. The van der Waals surface area contributed by atoms with Gasteiger partial charge in [-0.05, 0) is 25.1 Å². The van der Waals surface area contributed by atoms with Crippen LogP contribution in [0.15, 0.2) is 40.0 Å². The summed E-state index contributed by atoms with van der Waals surface area (Å²) in [7, 11) is -3.70. The Bertz CT molecular complexity index is 696. The number of hydrogen-bond acceptors (Lipinski definition) is 4. The molecular formula is C11H13BrN4O2S. The minimum atomic E-state index is -3.70. The fraction of sp³-hybridized carbons (Fsp3) is 0.182. The van der Waals surface area contributed by atoms with E-state index in [1.165, 1.54) is 12.3 Å². The van der Waals surface area contributed by atoms with Crippen LogP contribution >= 0.6 is 15.9 Å². The molecule has 0 aliphatic heterocycles. The van der Waals surface area contributed by atoms with Gasteiger partial charge in [0.2, 0.25) is 0 Å². The maximum absolute atomic E-state index is 12.2. The first-order valence-electron chi connectivity index (χ1n) is 5.52. The van der Waals surface area contributed by atoms with E-state index >= 15 is 0 Å². The van der Waals surface area contributed by atoms with E-state index in [0.717, 1.165) is 4.47 Å². The number of benzene rings is 1. The number of nitrogens with zero attached hydrogens (tertiary/aromatic N) is 2. The maximum atomic E-state index is 12.2. The summed E-state index contributed by atoms with van der Waals surface area (Å²) < 4.78 is 29.2. The van der Waals surface area contributed by atoms with Gasteiger partial charge in [0, 0.05) is 17.2 Å². The summed E-state index contributed by atoms with van der Waals surface area (Å²) in [5.41, 5.74) is 6.31. The predicted octanol–water partition coefficient (Wildman–Crippen LogP) is 2.05. The van der Waals surface area contributed by atoms with Crippen LogP contribution in [0.3, 0.4) is 0 Å². The van der Waals surface area contributed by atoms with Crippen LogP contribution in [0.5, 0.6) is 0 Å². The van der Waals surface area contributed by atoms with Gasteiger partial charge in [0.05, 0.1) is 17.6 Å². The monoisotopic (exact) mass is 344 g/mol. The first-order chi connectivity index (χ1) is 8.92. The van der Waals surface area contributed by atoms with Gasteiger partial charge in [-0.25, -0.2) is 8.42 Å². The van der Waals surface area contributed by atoms with Crippen molar-refractivity contribution in [3.63, 3.8) is 0 Å². The van der Waals surface area contributed by atoms with Gasteiger partial charge < -0.3 is 5.73 Å². The Labute approximate surface area is 119 Å². The lowest BCUT2D eigenvalue weighted by atomic mass is 10.3. The van der Waals surface area contributed by atoms with E-state index in [1.54, 1.807) is 23.0 Å². The van der Waals surface area contributed by atoms with Gasteiger partial charge >= 0.3 is 0 Å². The van der Waals surface area contributed by atoms with Crippen molar-refractivity contribution in [2.75, 3.05) is 10.5 Å². The molecule has 0 amide bonds. The molecule has 3 N–H and O–H groups in total. The summed E-state index contributed by atoms with van der Waals surface area (Å²) in [5, 5.41) is 4.00. The van der Waals surface area contributed by atoms with Crippen LogP contribution in [0.2, 0.25) is 0 Å². The predicted molar refractivity (Wildman–Crippen MR) is 77.3 cm³/mol. The molecule has 0 saturated carbocycles. The number of anilines is 2. The third-order valence-electron chi connectivity index (χ3n) is 2.47. The number of hydrogen-bond donors (Lipinski definition) is 2. The van der Waals surface area contributed by atoms with Crippen molar-refractivity contribution in [3.8, 4) is 0 Å². The normalized spacial score (nSPS) is 11.5. The smallest absolute Gasteiger partial charge is 0.264 e. The van der Waals surface area contributed by atoms with E-state index in [4.69, 9.17) is 5.73 Å². The second-order valence-corrected chi connectivity index (χ2v) is 6.44. The fourth-order valence-electron chi connectivity index (χ4n) is 1.56. The quantitative estimate of drug-likeness (QED) is 0.830. The molecule has 1 heterocycles. The van der Waals surface area contributed by atoms with Crippen LogP contribution in [-0.4, -0.2) is 18.2 Å². The van der Waals surface area contributed by atoms with Crippen LogP contribution < -0.4 is 10.5 Å². The van der Waals surface area contributed by atoms with E-state index in [2.05, 4.69) is 25.8 Å². The van der Waals surface area contributed by atoms with E-state index in [-0.39, 0.29) is 10.6 Å². The lowest BCUT2D eigenvalue weighted by Gasteiger charge is -2.08. The van der Waals surface area contributed by atoms with Crippen molar-refractivity contribution in [1.29, 1.82) is 0 Å². The SMILES string of the molecule is CCn1cc(NS(=O)(=O)c2ccc(Br)cc2N)cn1. The second kappa shape index (κ2) is 5.22. The zero-order valence-corrected chi connectivity index (χ0v) is 12.6. The largest absolute Gasteiger partial charge is 0.398 e. The standard InChI is InChI=1S/C11H13BrN4O2S/c1-2-16-7-9(6-14-16)15-19(17,18)11-4-3-8(12)5-10(11)13/h3-7,15H,2,13H2,1H3. The lowest BCUT2D eigenvalue weighted by Crippen LogP contribution is -2.14. The van der Waals surface area contributed by atoms with Gasteiger partial charge in [-0.2, -0.15) is 5.10 Å². The molecule has 102 valence electrons. The van der Waals surface area contributed by atoms with Crippen LogP contribution in [0.1, 0.15) is 6.92 Å². The summed E-state index contributed by atoms with van der Waals surface area (Å²) in [5.74, 6) is 0. The second-order valence-electron chi connectivity index (χ2n) is 3.87. The Morgan fingerprint density at radius 3 is 2.79 bits per heavy atom. The van der Waals surface area contributed by atoms with Gasteiger partial charge in [-0.3, -0.25) is 9.40 Å². The van der Waals surface area contributed by atoms with Crippen molar-refractivity contribution >= 4 is 37.3 Å². The first-order valence-corrected chi connectivity index (χ1v) is 7.80. The van der Waals surface area contributed by atoms with Crippen molar-refractivity contribution in [2.45, 2.75) is 18.4 Å². The topological polar surface area (TPSA) is 90.0 Å². The van der Waals surface area contributed by atoms with E-state index in [0.29, 0.717) is 12.2 Å². The molecule has 0 fully saturated rings. The van der Waals surface area contributed by atoms with Gasteiger partial charge in [0.15, 0.2) is 0 Å². The third kappa shape index (κ3) is 3.07. The zero-order valence-electron chi connectivity index (χ0n) is 10.2. The minimum absolute atomic E-state index is 0.0416. The highest BCUT2D eigenvalue weighted by Crippen LogP contribution is 2.24. The molecule has 0 saturated heterocycles. The molecule has 1 aromatic heterocycles. The Morgan fingerprint density at radius 1 is 1.47 bits per heavy atom. The average molecular weight is 345 g/mol. The molecule has 0 aliphatic carbocycles. The molecule has 8 heteroatoms. The Balaban J connectivity index is 2.32. The summed E-state index contributed by atoms with van der Waals surface area (Å²) in [4.78, 5) is 0.0416. The molecule has 0 aliphatic rings. The number of nitrogens with one attached hydrogen (secondary N) is 1. The van der Waals surface area contributed by atoms with Crippen molar-refractivity contribution in [2.24, 2.45) is 0 Å². The highest BCUT2D eigenvalue weighted by molar-refractivity contribution is 9.10. The average Bonchev–Trinajstić information content (AvgIpc) is 2.75. The molecule has 0 radical (unpaired) electrons. The van der Waals surface area contributed by atoms with Gasteiger partial charge in [0.25, 0.3) is 10.0 Å². The van der Waals surface area contributed by atoms with Crippen LogP contribution in [0.25, 0.3) is 0 Å². The molecule has 6 nitrogen and oxygen atoms in total. The summed E-state index contributed by atoms with van der Waals surface area (Å²) in [6, 6.07) is 4.62. The number of halogens is 1. The summed E-state index contributed by atoms with van der Waals surface area (Å²) >= 11 is 3.23. The van der Waals surface area contributed by atoms with Gasteiger partial charge in [0.1, 0.15) is 4.90 Å². The van der Waals surface area contributed by atoms with Crippen molar-refractivity contribution in [3.05, 3.63) is 35.1 Å². The Hall–Kier alpha value is -1.54. The Morgan fingerprint density at radius 2 is 2.21 bits per heavy atom. The lowest BCUT2D eigenvalue weighted by molar-refractivity contribution is 0.601. The first kappa shape index (κ1) is 13.9. The summed E-state index contributed by atoms with van der Waals surface area (Å²) in [6.45, 7) is 2.58. The van der Waals surface area contributed by atoms with Crippen molar-refractivity contribution < 1.29 is 8.42 Å². The number of nitrogens with two attached hydrogens (primary N) is 1. The minimum Gasteiger partial charge on any atom is -0.398 e. The molecule has 0 unspecified atom stereocenters. The number of nitrogen functional groups attached to an aromatic ring is 1. The van der Waals surface area contributed by atoms with Crippen LogP contribution in [0, 0.1) is 0 Å². The molecule has 2 aromatic rings. The van der Waals surface area contributed by atoms with Gasteiger partial charge in [-0.1, -0.05) is 15.9 Å². The Kier molecular flexibility index (Phi) is 3.81. The molecule has 1 aromatic carbocycles. The van der Waals surface area contributed by atoms with Crippen LogP contribution in [-0.2, 0) is 16.6 Å². The van der Waals surface area contributed by atoms with Crippen LogP contribution in [0.4, 0.5) is 11.4 Å². The molecule has 0 spiro atoms. The number of rotatable bonds is 4. The third-order valence-corrected chi connectivity index (χ3v) is 4.42.